The fourth-order valence-electron chi connectivity index (χ4n) is 4.41. The third-order valence-electron chi connectivity index (χ3n) is 6.46. The highest BCUT2D eigenvalue weighted by molar-refractivity contribution is 6.27. The van der Waals surface area contributed by atoms with Crippen molar-refractivity contribution in [1.82, 2.24) is 19.8 Å². The number of carbonyl (C=O) groups excluding carboxylic acids is 1. The van der Waals surface area contributed by atoms with Crippen molar-refractivity contribution in [2.45, 2.75) is 18.9 Å². The number of anilines is 1. The van der Waals surface area contributed by atoms with Gasteiger partial charge in [0.15, 0.2) is 5.82 Å². The Kier molecular flexibility index (Phi) is 7.64. The molecule has 1 atom stereocenters. The van der Waals surface area contributed by atoms with Crippen molar-refractivity contribution >= 4 is 23.3 Å². The molecular formula is C24H25ClFN7O2. The summed E-state index contributed by atoms with van der Waals surface area (Å²) in [5.74, 6) is -0.579. The Bertz CT molecular complexity index is 1190. The van der Waals surface area contributed by atoms with Gasteiger partial charge in [-0.2, -0.15) is 20.5 Å². The number of benzene rings is 1. The standard InChI is InChI=1S/C24H25ClFN7O2/c1-31-6-2-3-17(31)15-35-24-29-22(18-5-4-16(13-27)11-20(18)26)19(14-28)23(30-24)33-9-7-32(8-10-33)21(34)12-25/h4-5,11,17H,2-3,6-10,12,15H2,1H3/t17-/m0/s1. The van der Waals surface area contributed by atoms with Crippen LogP contribution in [0.5, 0.6) is 6.01 Å². The molecule has 0 spiro atoms. The maximum atomic E-state index is 15.0. The van der Waals surface area contributed by atoms with Crippen LogP contribution in [0.15, 0.2) is 18.2 Å². The van der Waals surface area contributed by atoms with E-state index in [4.69, 9.17) is 21.6 Å². The topological polar surface area (TPSA) is 109 Å². The molecule has 35 heavy (non-hydrogen) atoms. The molecule has 0 radical (unpaired) electrons. The van der Waals surface area contributed by atoms with E-state index in [2.05, 4.69) is 20.9 Å². The minimum absolute atomic E-state index is 0.0531. The quantitative estimate of drug-likeness (QED) is 0.559. The Balaban J connectivity index is 1.71. The molecule has 9 nitrogen and oxygen atoms in total. The first-order chi connectivity index (χ1) is 16.9. The number of aromatic nitrogens is 2. The number of ether oxygens (including phenoxy) is 1. The number of hydrogen-bond donors (Lipinski definition) is 0. The molecule has 1 aromatic carbocycles. The van der Waals surface area contributed by atoms with Gasteiger partial charge in [-0.1, -0.05) is 0 Å². The molecule has 2 aromatic rings. The summed E-state index contributed by atoms with van der Waals surface area (Å²) in [6, 6.07) is 8.34. The van der Waals surface area contributed by atoms with Gasteiger partial charge in [0.05, 0.1) is 11.6 Å². The summed E-state index contributed by atoms with van der Waals surface area (Å²) in [7, 11) is 2.03. The van der Waals surface area contributed by atoms with Gasteiger partial charge >= 0.3 is 6.01 Å². The molecule has 0 bridgehead atoms. The van der Waals surface area contributed by atoms with E-state index in [9.17, 15) is 14.4 Å². The van der Waals surface area contributed by atoms with Crippen LogP contribution in [-0.2, 0) is 4.79 Å². The van der Waals surface area contributed by atoms with Crippen molar-refractivity contribution in [3.63, 3.8) is 0 Å². The molecule has 0 saturated carbocycles. The molecule has 3 heterocycles. The van der Waals surface area contributed by atoms with E-state index in [1.807, 2.05) is 18.0 Å². The number of halogens is 2. The van der Waals surface area contributed by atoms with Crippen LogP contribution in [0.2, 0.25) is 0 Å². The first-order valence-corrected chi connectivity index (χ1v) is 11.9. The maximum Gasteiger partial charge on any atom is 0.319 e. The van der Waals surface area contributed by atoms with E-state index < -0.39 is 5.82 Å². The van der Waals surface area contributed by atoms with Crippen LogP contribution < -0.4 is 9.64 Å². The van der Waals surface area contributed by atoms with E-state index in [1.54, 1.807) is 4.90 Å². The number of likely N-dealkylation sites (tertiary alicyclic amines) is 1. The van der Waals surface area contributed by atoms with Gasteiger partial charge < -0.3 is 19.4 Å². The lowest BCUT2D eigenvalue weighted by Gasteiger charge is -2.35. The van der Waals surface area contributed by atoms with E-state index in [-0.39, 0.29) is 46.2 Å². The van der Waals surface area contributed by atoms with Crippen molar-refractivity contribution in [2.24, 2.45) is 0 Å². The summed E-state index contributed by atoms with van der Waals surface area (Å²) in [4.78, 5) is 26.7. The van der Waals surface area contributed by atoms with Crippen LogP contribution in [0.1, 0.15) is 24.0 Å². The lowest BCUT2D eigenvalue weighted by molar-refractivity contribution is -0.128. The van der Waals surface area contributed by atoms with Gasteiger partial charge in [0, 0.05) is 37.8 Å². The third kappa shape index (κ3) is 5.29. The number of amides is 1. The molecule has 0 unspecified atom stereocenters. The molecule has 1 amide bonds. The van der Waals surface area contributed by atoms with Crippen LogP contribution in [-0.4, -0.2) is 84.0 Å². The fourth-order valence-corrected chi connectivity index (χ4v) is 4.58. The lowest BCUT2D eigenvalue weighted by atomic mass is 10.0. The number of nitriles is 2. The monoisotopic (exact) mass is 497 g/mol. The Morgan fingerprint density at radius 3 is 2.57 bits per heavy atom. The number of nitrogens with zero attached hydrogens (tertiary/aromatic N) is 7. The van der Waals surface area contributed by atoms with Crippen LogP contribution in [0, 0.1) is 28.5 Å². The van der Waals surface area contributed by atoms with Crippen molar-refractivity contribution in [3.05, 3.63) is 35.1 Å². The molecule has 2 aliphatic heterocycles. The number of hydrogen-bond acceptors (Lipinski definition) is 8. The second-order valence-corrected chi connectivity index (χ2v) is 8.83. The summed E-state index contributed by atoms with van der Waals surface area (Å²) in [5.41, 5.74) is 0.465. The Hall–Kier alpha value is -3.47. The van der Waals surface area contributed by atoms with E-state index in [1.165, 1.54) is 12.1 Å². The number of likely N-dealkylation sites (N-methyl/N-ethyl adjacent to an activating group) is 1. The second kappa shape index (κ2) is 10.9. The molecule has 2 fully saturated rings. The largest absolute Gasteiger partial charge is 0.462 e. The van der Waals surface area contributed by atoms with Gasteiger partial charge in [-0.25, -0.2) is 4.39 Å². The first kappa shape index (κ1) is 24.6. The maximum absolute atomic E-state index is 15.0. The first-order valence-electron chi connectivity index (χ1n) is 11.4. The minimum Gasteiger partial charge on any atom is -0.462 e. The average molecular weight is 498 g/mol. The van der Waals surface area contributed by atoms with Crippen LogP contribution in [0.3, 0.4) is 0 Å². The minimum atomic E-state index is -0.663. The summed E-state index contributed by atoms with van der Waals surface area (Å²) in [5, 5.41) is 19.1. The summed E-state index contributed by atoms with van der Waals surface area (Å²) >= 11 is 5.69. The van der Waals surface area contributed by atoms with E-state index in [0.717, 1.165) is 25.5 Å². The SMILES string of the molecule is CN1CCC[C@H]1COc1nc(-c2ccc(C#N)cc2F)c(C#N)c(N2CCN(C(=O)CCl)CC2)n1. The highest BCUT2D eigenvalue weighted by atomic mass is 35.5. The van der Waals surface area contributed by atoms with Gasteiger partial charge in [-0.05, 0) is 44.6 Å². The molecule has 2 saturated heterocycles. The van der Waals surface area contributed by atoms with Crippen LogP contribution in [0.25, 0.3) is 11.3 Å². The Morgan fingerprint density at radius 1 is 1.20 bits per heavy atom. The van der Waals surface area contributed by atoms with Crippen molar-refractivity contribution in [3.8, 4) is 29.4 Å². The Labute approximate surface area is 208 Å². The number of rotatable bonds is 6. The molecule has 2 aliphatic rings. The number of carbonyl (C=O) groups is 1. The molecule has 4 rings (SSSR count). The van der Waals surface area contributed by atoms with Gasteiger partial charge in [0.2, 0.25) is 5.91 Å². The van der Waals surface area contributed by atoms with Gasteiger partial charge in [0.25, 0.3) is 0 Å². The van der Waals surface area contributed by atoms with Crippen molar-refractivity contribution < 1.29 is 13.9 Å². The number of piperazine rings is 1. The fraction of sp³-hybridized carbons (Fsp3) is 0.458. The molecule has 0 aliphatic carbocycles. The number of alkyl halides is 1. The predicted octanol–water partition coefficient (Wildman–Crippen LogP) is 2.39. The molecule has 182 valence electrons. The van der Waals surface area contributed by atoms with Crippen molar-refractivity contribution in [1.29, 1.82) is 10.5 Å². The van der Waals surface area contributed by atoms with E-state index in [0.29, 0.717) is 38.6 Å². The average Bonchev–Trinajstić information content (AvgIpc) is 3.30. The molecular weight excluding hydrogens is 473 g/mol. The zero-order chi connectivity index (χ0) is 24.9. The third-order valence-corrected chi connectivity index (χ3v) is 6.69. The second-order valence-electron chi connectivity index (χ2n) is 8.56. The van der Waals surface area contributed by atoms with Gasteiger partial charge in [0.1, 0.15) is 35.6 Å². The summed E-state index contributed by atoms with van der Waals surface area (Å²) in [6.45, 7) is 3.05. The lowest BCUT2D eigenvalue weighted by Crippen LogP contribution is -2.49. The highest BCUT2D eigenvalue weighted by Gasteiger charge is 2.28. The molecule has 1 aromatic heterocycles. The smallest absolute Gasteiger partial charge is 0.319 e. The Morgan fingerprint density at radius 2 is 1.97 bits per heavy atom. The summed E-state index contributed by atoms with van der Waals surface area (Å²) < 4.78 is 20.9. The molecule has 0 N–H and O–H groups in total. The highest BCUT2D eigenvalue weighted by Crippen LogP contribution is 2.33. The van der Waals surface area contributed by atoms with Gasteiger partial charge in [-0.3, -0.25) is 4.79 Å². The van der Waals surface area contributed by atoms with Crippen LogP contribution in [0.4, 0.5) is 10.2 Å². The van der Waals surface area contributed by atoms with Crippen LogP contribution >= 0.6 is 11.6 Å². The predicted molar refractivity (Wildman–Crippen MR) is 128 cm³/mol. The molecule has 11 heteroatoms. The zero-order valence-electron chi connectivity index (χ0n) is 19.4. The van der Waals surface area contributed by atoms with Gasteiger partial charge in [-0.15, -0.1) is 11.6 Å². The normalized spacial score (nSPS) is 18.3. The van der Waals surface area contributed by atoms with E-state index >= 15 is 0 Å². The zero-order valence-corrected chi connectivity index (χ0v) is 20.1. The summed E-state index contributed by atoms with van der Waals surface area (Å²) in [6.07, 6.45) is 2.07. The van der Waals surface area contributed by atoms with Crippen molar-refractivity contribution in [2.75, 3.05) is 57.2 Å².